The first kappa shape index (κ1) is 16.0. The van der Waals surface area contributed by atoms with Gasteiger partial charge in [0.25, 0.3) is 0 Å². The van der Waals surface area contributed by atoms with Crippen LogP contribution in [0.25, 0.3) is 0 Å². The van der Waals surface area contributed by atoms with Crippen molar-refractivity contribution < 1.29 is 14.0 Å². The van der Waals surface area contributed by atoms with Crippen molar-refractivity contribution in [3.8, 4) is 0 Å². The number of nitrogens with zero attached hydrogens (tertiary/aromatic N) is 1. The predicted octanol–water partition coefficient (Wildman–Crippen LogP) is 3.17. The Morgan fingerprint density at radius 3 is 2.74 bits per heavy atom. The van der Waals surface area contributed by atoms with Gasteiger partial charge in [0, 0.05) is 6.54 Å². The normalized spacial score (nSPS) is 20.2. The summed E-state index contributed by atoms with van der Waals surface area (Å²) in [7, 11) is -1.79. The summed E-state index contributed by atoms with van der Waals surface area (Å²) in [6.07, 6.45) is 1.45. The molecule has 1 fully saturated rings. The van der Waals surface area contributed by atoms with E-state index in [2.05, 4.69) is 46.2 Å². The van der Waals surface area contributed by atoms with Crippen LogP contribution in [0.3, 0.4) is 0 Å². The van der Waals surface area contributed by atoms with Gasteiger partial charge < -0.3 is 9.16 Å². The van der Waals surface area contributed by atoms with Gasteiger partial charge in [0.1, 0.15) is 6.61 Å². The molecule has 0 bridgehead atoms. The van der Waals surface area contributed by atoms with Crippen LogP contribution in [-0.2, 0) is 9.16 Å². The van der Waals surface area contributed by atoms with E-state index in [1.54, 1.807) is 11.0 Å². The summed E-state index contributed by atoms with van der Waals surface area (Å²) in [5.41, 5.74) is 2.68. The van der Waals surface area contributed by atoms with Crippen LogP contribution in [0.1, 0.15) is 20.8 Å². The van der Waals surface area contributed by atoms with Crippen LogP contribution < -0.4 is 0 Å². The molecule has 0 saturated carbocycles. The van der Waals surface area contributed by atoms with Crippen molar-refractivity contribution in [3.05, 3.63) is 18.4 Å². The molecule has 0 radical (unpaired) electrons. The van der Waals surface area contributed by atoms with E-state index >= 15 is 0 Å². The van der Waals surface area contributed by atoms with Crippen molar-refractivity contribution >= 4 is 14.4 Å². The molecule has 0 aliphatic carbocycles. The summed E-state index contributed by atoms with van der Waals surface area (Å²) in [6, 6.07) is -0.00813. The Balaban J connectivity index is 2.61. The lowest BCUT2D eigenvalue weighted by atomic mass is 10.2. The fraction of sp³-hybridized carbons (Fsp3) is 0.714. The molecule has 1 aliphatic rings. The molecule has 108 valence electrons. The summed E-state index contributed by atoms with van der Waals surface area (Å²) in [4.78, 5) is 13.3. The number of ether oxygens (including phenoxy) is 1. The summed E-state index contributed by atoms with van der Waals surface area (Å²) >= 11 is 0. The predicted molar refractivity (Wildman–Crippen MR) is 78.7 cm³/mol. The second kappa shape index (κ2) is 5.95. The molecule has 0 spiro atoms. The SMILES string of the molecule is C=C=CCN1C(=O)OC[C@@H]1CO[Si](C)(C)C(C)(C)C. The first-order valence-corrected chi connectivity index (χ1v) is 9.51. The second-order valence-electron chi connectivity index (χ2n) is 6.36. The van der Waals surface area contributed by atoms with Crippen LogP contribution in [0.4, 0.5) is 4.79 Å². The van der Waals surface area contributed by atoms with Crippen molar-refractivity contribution in [1.82, 2.24) is 4.90 Å². The lowest BCUT2D eigenvalue weighted by Gasteiger charge is -2.37. The molecule has 1 atom stereocenters. The standard InChI is InChI=1S/C14H25NO3Si/c1-7-8-9-15-12(10-17-13(15)16)11-18-19(5,6)14(2,3)4/h8,12H,1,9-11H2,2-6H3/t12-/m1/s1. The molecule has 1 amide bonds. The summed E-state index contributed by atoms with van der Waals surface area (Å²) in [5.74, 6) is 0. The fourth-order valence-electron chi connectivity index (χ4n) is 1.54. The van der Waals surface area contributed by atoms with Crippen molar-refractivity contribution in [2.45, 2.75) is 44.9 Å². The van der Waals surface area contributed by atoms with E-state index in [1.165, 1.54) is 0 Å². The first-order chi connectivity index (χ1) is 8.69. The maximum Gasteiger partial charge on any atom is 0.410 e. The molecule has 0 aromatic carbocycles. The monoisotopic (exact) mass is 283 g/mol. The molecular formula is C14H25NO3Si. The Morgan fingerprint density at radius 2 is 2.21 bits per heavy atom. The van der Waals surface area contributed by atoms with E-state index in [-0.39, 0.29) is 17.2 Å². The number of carbonyl (C=O) groups excluding carboxylic acids is 1. The van der Waals surface area contributed by atoms with Crippen LogP contribution in [0.5, 0.6) is 0 Å². The molecule has 0 N–H and O–H groups in total. The van der Waals surface area contributed by atoms with Crippen molar-refractivity contribution in [2.75, 3.05) is 19.8 Å². The van der Waals surface area contributed by atoms with Gasteiger partial charge in [-0.3, -0.25) is 4.90 Å². The lowest BCUT2D eigenvalue weighted by Crippen LogP contribution is -2.45. The number of hydrogen-bond acceptors (Lipinski definition) is 3. The average molecular weight is 283 g/mol. The number of hydrogen-bond donors (Lipinski definition) is 0. The van der Waals surface area contributed by atoms with Crippen LogP contribution >= 0.6 is 0 Å². The van der Waals surface area contributed by atoms with Gasteiger partial charge in [-0.05, 0) is 24.2 Å². The van der Waals surface area contributed by atoms with Crippen LogP contribution in [0.15, 0.2) is 18.4 Å². The highest BCUT2D eigenvalue weighted by Gasteiger charge is 2.40. The van der Waals surface area contributed by atoms with E-state index < -0.39 is 8.32 Å². The molecular weight excluding hydrogens is 258 g/mol. The highest BCUT2D eigenvalue weighted by molar-refractivity contribution is 6.74. The second-order valence-corrected chi connectivity index (χ2v) is 11.2. The zero-order valence-corrected chi connectivity index (χ0v) is 13.7. The van der Waals surface area contributed by atoms with Gasteiger partial charge in [-0.2, -0.15) is 0 Å². The Labute approximate surface area is 117 Å². The van der Waals surface area contributed by atoms with Crippen molar-refractivity contribution in [3.63, 3.8) is 0 Å². The van der Waals surface area contributed by atoms with Gasteiger partial charge >= 0.3 is 6.09 Å². The summed E-state index contributed by atoms with van der Waals surface area (Å²) in [5, 5.41) is 0.169. The van der Waals surface area contributed by atoms with Crippen LogP contribution in [0.2, 0.25) is 18.1 Å². The molecule has 19 heavy (non-hydrogen) atoms. The van der Waals surface area contributed by atoms with Crippen LogP contribution in [0, 0.1) is 0 Å². The van der Waals surface area contributed by atoms with Crippen LogP contribution in [-0.4, -0.2) is 45.1 Å². The number of carbonyl (C=O) groups is 1. The molecule has 1 rings (SSSR count). The van der Waals surface area contributed by atoms with E-state index in [4.69, 9.17) is 9.16 Å². The molecule has 0 unspecified atom stereocenters. The Morgan fingerprint density at radius 1 is 1.58 bits per heavy atom. The first-order valence-electron chi connectivity index (χ1n) is 6.60. The molecule has 4 nitrogen and oxygen atoms in total. The van der Waals surface area contributed by atoms with Crippen molar-refractivity contribution in [2.24, 2.45) is 0 Å². The quantitative estimate of drug-likeness (QED) is 0.574. The largest absolute Gasteiger partial charge is 0.447 e. The number of rotatable bonds is 5. The minimum absolute atomic E-state index is 0.00813. The smallest absolute Gasteiger partial charge is 0.410 e. The van der Waals surface area contributed by atoms with Gasteiger partial charge in [0.05, 0.1) is 12.6 Å². The highest BCUT2D eigenvalue weighted by Crippen LogP contribution is 2.36. The Kier molecular flexibility index (Phi) is 5.02. The topological polar surface area (TPSA) is 38.8 Å². The van der Waals surface area contributed by atoms with E-state index in [0.717, 1.165) is 0 Å². The third-order valence-corrected chi connectivity index (χ3v) is 8.45. The average Bonchev–Trinajstić information content (AvgIpc) is 2.63. The molecule has 1 saturated heterocycles. The number of cyclic esters (lactones) is 1. The fourth-order valence-corrected chi connectivity index (χ4v) is 2.58. The van der Waals surface area contributed by atoms with Crippen molar-refractivity contribution in [1.29, 1.82) is 0 Å². The minimum Gasteiger partial charge on any atom is -0.447 e. The number of amides is 1. The maximum atomic E-state index is 11.6. The van der Waals surface area contributed by atoms with Gasteiger partial charge in [-0.25, -0.2) is 4.79 Å². The van der Waals surface area contributed by atoms with Gasteiger partial charge in [-0.1, -0.05) is 27.4 Å². The molecule has 1 heterocycles. The Hall–Kier alpha value is -1.03. The molecule has 0 aromatic rings. The van der Waals surface area contributed by atoms with E-state index in [9.17, 15) is 4.79 Å². The summed E-state index contributed by atoms with van der Waals surface area (Å²) in [6.45, 7) is 15.9. The Bertz CT molecular complexity index is 381. The molecule has 1 aliphatic heterocycles. The third-order valence-electron chi connectivity index (χ3n) is 3.95. The third kappa shape index (κ3) is 3.96. The lowest BCUT2D eigenvalue weighted by molar-refractivity contribution is 0.158. The zero-order valence-electron chi connectivity index (χ0n) is 12.7. The maximum absolute atomic E-state index is 11.6. The molecule has 0 aromatic heterocycles. The highest BCUT2D eigenvalue weighted by atomic mass is 28.4. The molecule has 5 heteroatoms. The zero-order chi connectivity index (χ0) is 14.7. The van der Waals surface area contributed by atoms with Gasteiger partial charge in [-0.15, -0.1) is 5.73 Å². The van der Waals surface area contributed by atoms with E-state index in [0.29, 0.717) is 19.8 Å². The summed E-state index contributed by atoms with van der Waals surface area (Å²) < 4.78 is 11.2. The van der Waals surface area contributed by atoms with Gasteiger partial charge in [0.2, 0.25) is 0 Å². The van der Waals surface area contributed by atoms with Gasteiger partial charge in [0.15, 0.2) is 8.32 Å². The minimum atomic E-state index is -1.79. The van der Waals surface area contributed by atoms with E-state index in [1.807, 2.05) is 0 Å².